The van der Waals surface area contributed by atoms with Gasteiger partial charge >= 0.3 is 5.76 Å². The maximum atomic E-state index is 11.2. The number of fused-ring (bicyclic) bond motifs is 1. The lowest BCUT2D eigenvalue weighted by atomic mass is 10.1. The molecule has 18 heavy (non-hydrogen) atoms. The van der Waals surface area contributed by atoms with E-state index in [-0.39, 0.29) is 5.78 Å². The fraction of sp³-hybridized carbons (Fsp3) is 0.0833. The first-order valence-electron chi connectivity index (χ1n) is 5.23. The topological polar surface area (TPSA) is 76.0 Å². The van der Waals surface area contributed by atoms with E-state index < -0.39 is 5.76 Å². The Labute approximate surface area is 105 Å². The van der Waals surface area contributed by atoms with Crippen LogP contribution in [0.5, 0.6) is 0 Å². The third-order valence-electron chi connectivity index (χ3n) is 2.52. The minimum atomic E-state index is -0.482. The van der Waals surface area contributed by atoms with Gasteiger partial charge in [-0.05, 0) is 12.1 Å². The van der Waals surface area contributed by atoms with Gasteiger partial charge in [-0.3, -0.25) is 9.78 Å². The molecule has 6 heteroatoms. The fourth-order valence-electron chi connectivity index (χ4n) is 1.67. The number of hydrogen-bond donors (Lipinski definition) is 1. The van der Waals surface area contributed by atoms with Gasteiger partial charge in [0.15, 0.2) is 16.4 Å². The highest BCUT2D eigenvalue weighted by Gasteiger charge is 2.09. The summed E-state index contributed by atoms with van der Waals surface area (Å²) in [6.45, 7) is 1.48. The number of aromatic nitrogens is 2. The normalized spacial score (nSPS) is 10.9. The average Bonchev–Trinajstić information content (AvgIpc) is 2.91. The lowest BCUT2D eigenvalue weighted by Crippen LogP contribution is -1.92. The minimum absolute atomic E-state index is 0.0551. The van der Waals surface area contributed by atoms with Crippen LogP contribution in [0, 0.1) is 0 Å². The predicted octanol–water partition coefficient (Wildman–Crippen LogP) is 2.45. The van der Waals surface area contributed by atoms with Crippen LogP contribution in [0.2, 0.25) is 0 Å². The Hall–Kier alpha value is -2.21. The standard InChI is InChI=1S/C12H8N2O3S/c1-6(15)11-13-9(5-18-11)7-2-3-8-10(4-7)17-12(16)14-8/h2-5H,1H3,(H,14,16). The molecule has 5 nitrogen and oxygen atoms in total. The third-order valence-corrected chi connectivity index (χ3v) is 3.47. The van der Waals surface area contributed by atoms with Gasteiger partial charge in [-0.15, -0.1) is 11.3 Å². The van der Waals surface area contributed by atoms with E-state index in [9.17, 15) is 9.59 Å². The Morgan fingerprint density at radius 1 is 1.44 bits per heavy atom. The molecule has 0 saturated heterocycles. The molecule has 90 valence electrons. The molecule has 2 heterocycles. The van der Waals surface area contributed by atoms with Crippen molar-refractivity contribution in [1.82, 2.24) is 9.97 Å². The molecule has 3 aromatic rings. The highest BCUT2D eigenvalue weighted by Crippen LogP contribution is 2.24. The number of rotatable bonds is 2. The summed E-state index contributed by atoms with van der Waals surface area (Å²) >= 11 is 1.30. The van der Waals surface area contributed by atoms with Crippen LogP contribution < -0.4 is 5.76 Å². The summed E-state index contributed by atoms with van der Waals surface area (Å²) in [6.07, 6.45) is 0. The van der Waals surface area contributed by atoms with E-state index in [4.69, 9.17) is 4.42 Å². The maximum absolute atomic E-state index is 11.2. The number of aromatic amines is 1. The van der Waals surface area contributed by atoms with Crippen molar-refractivity contribution in [3.63, 3.8) is 0 Å². The second-order valence-corrected chi connectivity index (χ2v) is 4.68. The molecule has 0 saturated carbocycles. The van der Waals surface area contributed by atoms with Crippen molar-refractivity contribution in [2.45, 2.75) is 6.92 Å². The quantitative estimate of drug-likeness (QED) is 0.718. The van der Waals surface area contributed by atoms with E-state index in [1.54, 1.807) is 12.1 Å². The Kier molecular flexibility index (Phi) is 2.38. The van der Waals surface area contributed by atoms with E-state index in [0.717, 1.165) is 5.56 Å². The summed E-state index contributed by atoms with van der Waals surface area (Å²) < 4.78 is 4.98. The highest BCUT2D eigenvalue weighted by molar-refractivity contribution is 7.12. The summed E-state index contributed by atoms with van der Waals surface area (Å²) in [5.74, 6) is -0.537. The van der Waals surface area contributed by atoms with Crippen LogP contribution in [-0.2, 0) is 0 Å². The second-order valence-electron chi connectivity index (χ2n) is 3.82. The molecular weight excluding hydrogens is 252 g/mol. The van der Waals surface area contributed by atoms with Crippen LogP contribution in [0.15, 0.2) is 32.8 Å². The molecule has 0 atom stereocenters. The zero-order chi connectivity index (χ0) is 12.7. The van der Waals surface area contributed by atoms with Crippen LogP contribution >= 0.6 is 11.3 Å². The molecule has 0 aliphatic rings. The van der Waals surface area contributed by atoms with Gasteiger partial charge in [-0.1, -0.05) is 6.07 Å². The Balaban J connectivity index is 2.12. The van der Waals surface area contributed by atoms with Crippen molar-refractivity contribution in [1.29, 1.82) is 0 Å². The zero-order valence-electron chi connectivity index (χ0n) is 9.39. The number of benzene rings is 1. The number of ketones is 1. The lowest BCUT2D eigenvalue weighted by molar-refractivity contribution is 0.101. The van der Waals surface area contributed by atoms with Crippen LogP contribution in [-0.4, -0.2) is 15.8 Å². The van der Waals surface area contributed by atoms with Crippen molar-refractivity contribution in [2.75, 3.05) is 0 Å². The average molecular weight is 260 g/mol. The first-order chi connectivity index (χ1) is 8.63. The minimum Gasteiger partial charge on any atom is -0.408 e. The van der Waals surface area contributed by atoms with Gasteiger partial charge in [0.05, 0.1) is 11.2 Å². The fourth-order valence-corrected chi connectivity index (χ4v) is 2.40. The Morgan fingerprint density at radius 2 is 2.28 bits per heavy atom. The number of nitrogens with zero attached hydrogens (tertiary/aromatic N) is 1. The first kappa shape index (κ1) is 10.9. The van der Waals surface area contributed by atoms with E-state index in [2.05, 4.69) is 9.97 Å². The summed E-state index contributed by atoms with van der Waals surface area (Å²) in [5, 5.41) is 2.28. The second kappa shape index (κ2) is 3.92. The monoisotopic (exact) mass is 260 g/mol. The van der Waals surface area contributed by atoms with Crippen LogP contribution in [0.1, 0.15) is 16.7 Å². The van der Waals surface area contributed by atoms with Crippen molar-refractivity contribution in [2.24, 2.45) is 0 Å². The Bertz CT molecular complexity index is 797. The molecule has 0 amide bonds. The van der Waals surface area contributed by atoms with Crippen molar-refractivity contribution in [3.8, 4) is 11.3 Å². The van der Waals surface area contributed by atoms with E-state index >= 15 is 0 Å². The molecule has 0 radical (unpaired) electrons. The number of carbonyl (C=O) groups is 1. The highest BCUT2D eigenvalue weighted by atomic mass is 32.1. The molecule has 1 N–H and O–H groups in total. The van der Waals surface area contributed by atoms with E-state index in [1.807, 2.05) is 11.4 Å². The number of carbonyl (C=O) groups excluding carboxylic acids is 1. The maximum Gasteiger partial charge on any atom is 0.417 e. The molecule has 0 aliphatic heterocycles. The molecule has 0 bridgehead atoms. The van der Waals surface area contributed by atoms with Crippen molar-refractivity contribution < 1.29 is 9.21 Å². The summed E-state index contributed by atoms with van der Waals surface area (Å²) in [6, 6.07) is 5.31. The molecule has 2 aromatic heterocycles. The molecule has 0 fully saturated rings. The van der Waals surface area contributed by atoms with Gasteiger partial charge in [-0.25, -0.2) is 9.78 Å². The number of Topliss-reactive ketones (excluding diaryl/α,β-unsaturated/α-hetero) is 1. The molecule has 0 aliphatic carbocycles. The summed E-state index contributed by atoms with van der Waals surface area (Å²) in [5.41, 5.74) is 2.64. The molecule has 0 unspecified atom stereocenters. The molecular formula is C12H8N2O3S. The van der Waals surface area contributed by atoms with Gasteiger partial charge in [0.1, 0.15) is 0 Å². The first-order valence-corrected chi connectivity index (χ1v) is 6.11. The van der Waals surface area contributed by atoms with Crippen molar-refractivity contribution >= 4 is 28.2 Å². The number of thiazole rings is 1. The van der Waals surface area contributed by atoms with Crippen LogP contribution in [0.4, 0.5) is 0 Å². The largest absolute Gasteiger partial charge is 0.417 e. The molecule has 3 rings (SSSR count). The Morgan fingerprint density at radius 3 is 3.00 bits per heavy atom. The summed E-state index contributed by atoms with van der Waals surface area (Å²) in [4.78, 5) is 29.0. The van der Waals surface area contributed by atoms with E-state index in [1.165, 1.54) is 18.3 Å². The molecule has 0 spiro atoms. The van der Waals surface area contributed by atoms with Crippen LogP contribution in [0.3, 0.4) is 0 Å². The zero-order valence-corrected chi connectivity index (χ0v) is 10.2. The predicted molar refractivity (Wildman–Crippen MR) is 67.9 cm³/mol. The van der Waals surface area contributed by atoms with Gasteiger partial charge in [-0.2, -0.15) is 0 Å². The van der Waals surface area contributed by atoms with E-state index in [0.29, 0.717) is 21.8 Å². The van der Waals surface area contributed by atoms with Crippen molar-refractivity contribution in [3.05, 3.63) is 39.1 Å². The smallest absolute Gasteiger partial charge is 0.408 e. The number of nitrogens with one attached hydrogen (secondary N) is 1. The van der Waals surface area contributed by atoms with Gasteiger partial charge in [0.2, 0.25) is 0 Å². The molecule has 1 aromatic carbocycles. The third kappa shape index (κ3) is 1.76. The SMILES string of the molecule is CC(=O)c1nc(-c2ccc3[nH]c(=O)oc3c2)cs1. The van der Waals surface area contributed by atoms with Gasteiger partial charge in [0.25, 0.3) is 0 Å². The number of H-pyrrole nitrogens is 1. The number of hydrogen-bond acceptors (Lipinski definition) is 5. The summed E-state index contributed by atoms with van der Waals surface area (Å²) in [7, 11) is 0. The van der Waals surface area contributed by atoms with Gasteiger partial charge < -0.3 is 4.42 Å². The van der Waals surface area contributed by atoms with Crippen LogP contribution in [0.25, 0.3) is 22.4 Å². The van der Waals surface area contributed by atoms with Gasteiger partial charge in [0, 0.05) is 17.9 Å². The lowest BCUT2D eigenvalue weighted by Gasteiger charge is -1.95. The number of oxazole rings is 1.